The largest absolute Gasteiger partial charge is 0.322 e. The predicted octanol–water partition coefficient (Wildman–Crippen LogP) is 5.39. The number of fused-ring (bicyclic) bond motifs is 1. The van der Waals surface area contributed by atoms with E-state index in [1.54, 1.807) is 30.5 Å². The smallest absolute Gasteiger partial charge is 0.258 e. The van der Waals surface area contributed by atoms with E-state index >= 15 is 0 Å². The third-order valence-corrected chi connectivity index (χ3v) is 6.48. The highest BCUT2D eigenvalue weighted by atomic mass is 32.2. The highest BCUT2D eigenvalue weighted by Crippen LogP contribution is 2.30. The summed E-state index contributed by atoms with van der Waals surface area (Å²) in [5.74, 6) is -1.03. The Labute approximate surface area is 195 Å². The van der Waals surface area contributed by atoms with Gasteiger partial charge in [0.2, 0.25) is 0 Å². The average Bonchev–Trinajstić information content (AvgIpc) is 2.84. The van der Waals surface area contributed by atoms with Crippen LogP contribution in [0.5, 0.6) is 0 Å². The summed E-state index contributed by atoms with van der Waals surface area (Å²) in [5, 5.41) is 2.81. The third-order valence-electron chi connectivity index (χ3n) is 5.43. The maximum Gasteiger partial charge on any atom is 0.258 e. The van der Waals surface area contributed by atoms with Gasteiger partial charge in [-0.3, -0.25) is 9.78 Å². The molecule has 0 aliphatic carbocycles. The summed E-state index contributed by atoms with van der Waals surface area (Å²) in [4.78, 5) is 21.7. The molecule has 0 spiro atoms. The number of benzene rings is 2. The zero-order valence-electron chi connectivity index (χ0n) is 18.0. The van der Waals surface area contributed by atoms with Gasteiger partial charge in [0.05, 0.1) is 28.0 Å². The van der Waals surface area contributed by atoms with Crippen molar-refractivity contribution in [1.82, 2.24) is 14.3 Å². The molecule has 2 aromatic heterocycles. The van der Waals surface area contributed by atoms with Gasteiger partial charge in [0.1, 0.15) is 5.82 Å². The van der Waals surface area contributed by atoms with Gasteiger partial charge in [0, 0.05) is 42.7 Å². The van der Waals surface area contributed by atoms with Gasteiger partial charge < -0.3 is 9.62 Å². The molecular weight excluding hydrogens is 437 g/mol. The van der Waals surface area contributed by atoms with Crippen molar-refractivity contribution in [3.05, 3.63) is 84.3 Å². The van der Waals surface area contributed by atoms with Crippen LogP contribution in [0.25, 0.3) is 22.3 Å². The Hall–Kier alpha value is -3.49. The predicted molar refractivity (Wildman–Crippen MR) is 132 cm³/mol. The quantitative estimate of drug-likeness (QED) is 0.413. The zero-order chi connectivity index (χ0) is 22.8. The maximum atomic E-state index is 14.8. The van der Waals surface area contributed by atoms with Crippen molar-refractivity contribution in [3.8, 4) is 11.3 Å². The van der Waals surface area contributed by atoms with Crippen LogP contribution in [0, 0.1) is 5.82 Å². The summed E-state index contributed by atoms with van der Waals surface area (Å²) < 4.78 is 19.0. The lowest BCUT2D eigenvalue weighted by atomic mass is 10.1. The van der Waals surface area contributed by atoms with E-state index in [0.29, 0.717) is 5.69 Å². The third kappa shape index (κ3) is 4.67. The molecule has 1 N–H and O–H groups in total. The van der Waals surface area contributed by atoms with Crippen LogP contribution in [0.2, 0.25) is 0 Å². The Morgan fingerprint density at radius 3 is 2.79 bits per heavy atom. The number of nitrogens with one attached hydrogen (secondary N) is 1. The minimum Gasteiger partial charge on any atom is -0.322 e. The number of anilines is 2. The van der Waals surface area contributed by atoms with Crippen molar-refractivity contribution < 1.29 is 9.18 Å². The minimum absolute atomic E-state index is 0.00872. The van der Waals surface area contributed by atoms with E-state index in [2.05, 4.69) is 19.6 Å². The first-order valence-electron chi connectivity index (χ1n) is 10.7. The van der Waals surface area contributed by atoms with Crippen LogP contribution in [0.15, 0.2) is 72.9 Å². The summed E-state index contributed by atoms with van der Waals surface area (Å²) in [6.07, 6.45) is 2.74. The van der Waals surface area contributed by atoms with Gasteiger partial charge >= 0.3 is 0 Å². The number of carbonyl (C=O) groups excluding carboxylic acids is 1. The second-order valence-corrected chi connectivity index (χ2v) is 9.05. The molecule has 1 aliphatic rings. The van der Waals surface area contributed by atoms with E-state index < -0.39 is 11.7 Å². The Balaban J connectivity index is 1.34. The van der Waals surface area contributed by atoms with Crippen molar-refractivity contribution in [1.29, 1.82) is 0 Å². The van der Waals surface area contributed by atoms with Crippen molar-refractivity contribution in [2.24, 2.45) is 0 Å². The fraction of sp³-hybridized carbons (Fsp3) is 0.160. The molecule has 6 nitrogen and oxygen atoms in total. The van der Waals surface area contributed by atoms with E-state index in [9.17, 15) is 9.18 Å². The molecule has 1 fully saturated rings. The van der Waals surface area contributed by atoms with E-state index in [1.165, 1.54) is 12.1 Å². The Morgan fingerprint density at radius 1 is 1.03 bits per heavy atom. The summed E-state index contributed by atoms with van der Waals surface area (Å²) in [7, 11) is 2.01. The maximum absolute atomic E-state index is 14.8. The Bertz CT molecular complexity index is 1330. The number of pyridine rings is 2. The molecule has 0 bridgehead atoms. The zero-order valence-corrected chi connectivity index (χ0v) is 18.8. The van der Waals surface area contributed by atoms with E-state index in [-0.39, 0.29) is 5.56 Å². The summed E-state index contributed by atoms with van der Waals surface area (Å²) in [6, 6.07) is 19.7. The first-order chi connectivity index (χ1) is 16.1. The van der Waals surface area contributed by atoms with Gasteiger partial charge in [0.25, 0.3) is 5.91 Å². The molecule has 1 aliphatic heterocycles. The number of nitrogens with zero attached hydrogens (tertiary/aromatic N) is 4. The number of hydrogen-bond acceptors (Lipinski definition) is 6. The van der Waals surface area contributed by atoms with Crippen LogP contribution in [-0.4, -0.2) is 40.3 Å². The monoisotopic (exact) mass is 459 g/mol. The molecule has 0 radical (unpaired) electrons. The van der Waals surface area contributed by atoms with Crippen molar-refractivity contribution in [2.45, 2.75) is 6.42 Å². The first-order valence-corrected chi connectivity index (χ1v) is 11.4. The number of amides is 1. The van der Waals surface area contributed by atoms with Crippen LogP contribution in [0.3, 0.4) is 0 Å². The second kappa shape index (κ2) is 9.17. The van der Waals surface area contributed by atoms with Gasteiger partial charge in [-0.15, -0.1) is 0 Å². The average molecular weight is 460 g/mol. The van der Waals surface area contributed by atoms with Crippen molar-refractivity contribution in [3.63, 3.8) is 0 Å². The molecule has 5 rings (SSSR count). The molecule has 4 aromatic rings. The number of carbonyl (C=O) groups is 1. The molecule has 166 valence electrons. The topological polar surface area (TPSA) is 61.4 Å². The summed E-state index contributed by atoms with van der Waals surface area (Å²) in [5.41, 5.74) is 4.56. The molecule has 3 heterocycles. The molecule has 0 saturated carbocycles. The van der Waals surface area contributed by atoms with Crippen molar-refractivity contribution in [2.75, 3.05) is 29.8 Å². The summed E-state index contributed by atoms with van der Waals surface area (Å²) >= 11 is 1.55. The van der Waals surface area contributed by atoms with Gasteiger partial charge in [-0.1, -0.05) is 12.1 Å². The molecule has 2 aromatic carbocycles. The normalized spacial score (nSPS) is 14.4. The van der Waals surface area contributed by atoms with E-state index in [4.69, 9.17) is 0 Å². The molecule has 33 heavy (non-hydrogen) atoms. The molecule has 1 amide bonds. The van der Waals surface area contributed by atoms with Crippen molar-refractivity contribution >= 4 is 40.4 Å². The fourth-order valence-electron chi connectivity index (χ4n) is 3.78. The number of rotatable bonds is 4. The Morgan fingerprint density at radius 2 is 1.94 bits per heavy atom. The lowest BCUT2D eigenvalue weighted by molar-refractivity contribution is 0.102. The second-order valence-electron chi connectivity index (χ2n) is 7.83. The standard InChI is InChI=1S/C25H22FN5OS/c1-30-13-4-14-31(33-30)19-8-9-20(21(26)16-19)25(32)28-18-6-2-5-17(15-18)22-10-11-23-24(29-22)7-3-12-27-23/h2-3,5-12,15-16H,4,13-14H2,1H3,(H,28,32). The molecule has 8 heteroatoms. The summed E-state index contributed by atoms with van der Waals surface area (Å²) in [6.45, 7) is 1.83. The van der Waals surface area contributed by atoms with Gasteiger partial charge in [-0.25, -0.2) is 13.7 Å². The van der Waals surface area contributed by atoms with E-state index in [1.807, 2.05) is 53.8 Å². The SMILES string of the molecule is CN1CCCN(c2ccc(C(=O)Nc3cccc(-c4ccc5ncccc5n4)c3)c(F)c2)S1. The molecular formula is C25H22FN5OS. The van der Waals surface area contributed by atoms with Gasteiger partial charge in [0.15, 0.2) is 0 Å². The van der Waals surface area contributed by atoms with Crippen LogP contribution < -0.4 is 9.62 Å². The molecule has 0 unspecified atom stereocenters. The highest BCUT2D eigenvalue weighted by molar-refractivity contribution is 7.98. The lowest BCUT2D eigenvalue weighted by Gasteiger charge is -2.32. The highest BCUT2D eigenvalue weighted by Gasteiger charge is 2.19. The van der Waals surface area contributed by atoms with Crippen LogP contribution >= 0.6 is 12.1 Å². The van der Waals surface area contributed by atoms with Gasteiger partial charge in [-0.05, 0) is 68.1 Å². The van der Waals surface area contributed by atoms with Crippen LogP contribution in [-0.2, 0) is 0 Å². The minimum atomic E-state index is -0.543. The van der Waals surface area contributed by atoms with Gasteiger partial charge in [-0.2, -0.15) is 0 Å². The Kier molecular flexibility index (Phi) is 5.93. The number of hydrogen-bond donors (Lipinski definition) is 1. The first kappa shape index (κ1) is 21.4. The number of halogens is 1. The number of aromatic nitrogens is 2. The molecule has 0 atom stereocenters. The fourth-order valence-corrected chi connectivity index (χ4v) is 4.74. The van der Waals surface area contributed by atoms with Crippen LogP contribution in [0.4, 0.5) is 15.8 Å². The van der Waals surface area contributed by atoms with Crippen LogP contribution in [0.1, 0.15) is 16.8 Å². The molecule has 1 saturated heterocycles. The lowest BCUT2D eigenvalue weighted by Crippen LogP contribution is -2.31. The van der Waals surface area contributed by atoms with E-state index in [0.717, 1.165) is 47.5 Å².